The van der Waals surface area contributed by atoms with Gasteiger partial charge in [0.1, 0.15) is 11.4 Å². The summed E-state index contributed by atoms with van der Waals surface area (Å²) in [4.78, 5) is 45.4. The molecule has 2 saturated heterocycles. The number of hydrogen-bond donors (Lipinski definition) is 1. The Morgan fingerprint density at radius 3 is 2.71 bits per heavy atom. The number of halogens is 1. The minimum absolute atomic E-state index is 0.00870. The third-order valence-corrected chi connectivity index (χ3v) is 7.14. The van der Waals surface area contributed by atoms with Crippen molar-refractivity contribution in [3.63, 3.8) is 0 Å². The van der Waals surface area contributed by atoms with Crippen LogP contribution in [0.25, 0.3) is 11.4 Å². The summed E-state index contributed by atoms with van der Waals surface area (Å²) in [5.41, 5.74) is -0.0436. The highest BCUT2D eigenvalue weighted by Crippen LogP contribution is 2.35. The van der Waals surface area contributed by atoms with E-state index in [0.29, 0.717) is 49.6 Å². The summed E-state index contributed by atoms with van der Waals surface area (Å²) in [6.07, 6.45) is 5.63. The zero-order valence-corrected chi connectivity index (χ0v) is 19.0. The van der Waals surface area contributed by atoms with Crippen LogP contribution in [-0.4, -0.2) is 63.0 Å². The summed E-state index contributed by atoms with van der Waals surface area (Å²) in [5, 5.41) is 6.88. The fraction of sp³-hybridized carbons (Fsp3) is 0.542. The summed E-state index contributed by atoms with van der Waals surface area (Å²) in [6.45, 7) is 1.39. The molecular formula is C24H28FN5O4. The first-order valence-corrected chi connectivity index (χ1v) is 12.0. The molecule has 1 aromatic carbocycles. The number of urea groups is 1. The molecule has 2 aliphatic heterocycles. The number of nitrogens with zero attached hydrogens (tertiary/aromatic N) is 4. The predicted octanol–water partition coefficient (Wildman–Crippen LogP) is 3.23. The summed E-state index contributed by atoms with van der Waals surface area (Å²) in [5.74, 6) is 0.318. The Morgan fingerprint density at radius 2 is 1.94 bits per heavy atom. The van der Waals surface area contributed by atoms with Gasteiger partial charge in [0.25, 0.3) is 5.91 Å². The second kappa shape index (κ2) is 9.15. The first kappa shape index (κ1) is 22.5. The van der Waals surface area contributed by atoms with Crippen molar-refractivity contribution in [2.75, 3.05) is 19.6 Å². The number of nitrogens with one attached hydrogen (secondary N) is 1. The average molecular weight is 470 g/mol. The van der Waals surface area contributed by atoms with Gasteiger partial charge in [-0.2, -0.15) is 4.98 Å². The van der Waals surface area contributed by atoms with Gasteiger partial charge in [0.15, 0.2) is 0 Å². The van der Waals surface area contributed by atoms with E-state index in [-0.39, 0.29) is 42.5 Å². The van der Waals surface area contributed by atoms with Gasteiger partial charge in [-0.05, 0) is 56.4 Å². The smallest absolute Gasteiger partial charge is 0.325 e. The molecule has 4 amide bonds. The zero-order chi connectivity index (χ0) is 23.7. The molecule has 3 aliphatic rings. The molecular weight excluding hydrogens is 441 g/mol. The Kier molecular flexibility index (Phi) is 6.05. The van der Waals surface area contributed by atoms with Gasteiger partial charge in [0.2, 0.25) is 17.6 Å². The number of hydrogen-bond acceptors (Lipinski definition) is 6. The molecule has 2 aromatic rings. The van der Waals surface area contributed by atoms with E-state index < -0.39 is 5.54 Å². The fourth-order valence-electron chi connectivity index (χ4n) is 5.27. The van der Waals surface area contributed by atoms with Crippen LogP contribution in [0.3, 0.4) is 0 Å². The van der Waals surface area contributed by atoms with Gasteiger partial charge in [0, 0.05) is 31.6 Å². The Bertz CT molecular complexity index is 1080. The first-order chi connectivity index (χ1) is 16.4. The van der Waals surface area contributed by atoms with Crippen molar-refractivity contribution in [2.24, 2.45) is 0 Å². The van der Waals surface area contributed by atoms with Crippen molar-refractivity contribution in [1.29, 1.82) is 0 Å². The van der Waals surface area contributed by atoms with Gasteiger partial charge in [-0.25, -0.2) is 9.18 Å². The maximum absolute atomic E-state index is 13.2. The highest BCUT2D eigenvalue weighted by Gasteiger charge is 2.52. The number of rotatable bonds is 6. The third-order valence-electron chi connectivity index (χ3n) is 7.14. The van der Waals surface area contributed by atoms with Crippen molar-refractivity contribution in [2.45, 2.75) is 62.8 Å². The van der Waals surface area contributed by atoms with E-state index in [4.69, 9.17) is 4.52 Å². The van der Waals surface area contributed by atoms with Crippen LogP contribution in [0.15, 0.2) is 28.8 Å². The topological polar surface area (TPSA) is 109 Å². The largest absolute Gasteiger partial charge is 0.342 e. The van der Waals surface area contributed by atoms with E-state index in [1.807, 2.05) is 0 Å². The molecule has 3 fully saturated rings. The quantitative estimate of drug-likeness (QED) is 0.651. The van der Waals surface area contributed by atoms with E-state index >= 15 is 0 Å². The molecule has 9 nitrogen and oxygen atoms in total. The lowest BCUT2D eigenvalue weighted by Gasteiger charge is -2.31. The number of carbonyl (C=O) groups excluding carboxylic acids is 3. The number of likely N-dealkylation sites (tertiary alicyclic amines) is 1. The number of imide groups is 1. The molecule has 1 atom stereocenters. The van der Waals surface area contributed by atoms with Gasteiger partial charge >= 0.3 is 6.03 Å². The standard InChI is InChI=1S/C24H28FN5O4/c25-18-9-7-16(8-10-18)20-26-21(34-28-20)17-5-3-13-29(15-17)19(31)6-4-14-30-22(32)24(27-23(30)33)11-1-2-12-24/h7-10,17H,1-6,11-15H2,(H,27,33)/t17-/m1/s1. The molecule has 0 radical (unpaired) electrons. The van der Waals surface area contributed by atoms with Crippen LogP contribution in [0.1, 0.15) is 63.2 Å². The number of amides is 4. The normalized spacial score (nSPS) is 22.0. The zero-order valence-electron chi connectivity index (χ0n) is 19.0. The van der Waals surface area contributed by atoms with Crippen molar-refractivity contribution in [1.82, 2.24) is 25.3 Å². The third kappa shape index (κ3) is 4.28. The van der Waals surface area contributed by atoms with Crippen molar-refractivity contribution >= 4 is 17.8 Å². The number of carbonyl (C=O) groups is 3. The predicted molar refractivity (Wildman–Crippen MR) is 119 cm³/mol. The second-order valence-electron chi connectivity index (χ2n) is 9.42. The molecule has 1 aromatic heterocycles. The minimum atomic E-state index is -0.710. The van der Waals surface area contributed by atoms with E-state index in [1.165, 1.54) is 17.0 Å². The van der Waals surface area contributed by atoms with Crippen molar-refractivity contribution in [3.05, 3.63) is 36.0 Å². The Hall–Kier alpha value is -3.30. The molecule has 3 heterocycles. The fourth-order valence-corrected chi connectivity index (χ4v) is 5.27. The van der Waals surface area contributed by atoms with Crippen LogP contribution in [0, 0.1) is 5.82 Å². The summed E-state index contributed by atoms with van der Waals surface area (Å²) in [6, 6.07) is 5.55. The molecule has 0 bridgehead atoms. The highest BCUT2D eigenvalue weighted by molar-refractivity contribution is 6.07. The van der Waals surface area contributed by atoms with E-state index in [1.54, 1.807) is 17.0 Å². The van der Waals surface area contributed by atoms with Crippen LogP contribution < -0.4 is 5.32 Å². The monoisotopic (exact) mass is 469 g/mol. The lowest BCUT2D eigenvalue weighted by Crippen LogP contribution is -2.44. The molecule has 1 N–H and O–H groups in total. The van der Waals surface area contributed by atoms with Gasteiger partial charge in [0.05, 0.1) is 5.92 Å². The molecule has 0 unspecified atom stereocenters. The van der Waals surface area contributed by atoms with Crippen LogP contribution in [-0.2, 0) is 9.59 Å². The number of aromatic nitrogens is 2. The SMILES string of the molecule is O=C(CCCN1C(=O)NC2(CCCC2)C1=O)N1CCC[C@@H](c2nc(-c3ccc(F)cc3)no2)C1. The maximum Gasteiger partial charge on any atom is 0.325 e. The maximum atomic E-state index is 13.2. The minimum Gasteiger partial charge on any atom is -0.342 e. The Morgan fingerprint density at radius 1 is 1.18 bits per heavy atom. The van der Waals surface area contributed by atoms with E-state index in [0.717, 1.165) is 25.7 Å². The summed E-state index contributed by atoms with van der Waals surface area (Å²) >= 11 is 0. The van der Waals surface area contributed by atoms with Gasteiger partial charge in [-0.1, -0.05) is 18.0 Å². The van der Waals surface area contributed by atoms with Gasteiger partial charge < -0.3 is 14.7 Å². The first-order valence-electron chi connectivity index (χ1n) is 12.0. The molecule has 1 saturated carbocycles. The van der Waals surface area contributed by atoms with Crippen LogP contribution in [0.2, 0.25) is 0 Å². The molecule has 5 rings (SSSR count). The molecule has 10 heteroatoms. The average Bonchev–Trinajstić information content (AvgIpc) is 3.57. The number of piperidine rings is 1. The lowest BCUT2D eigenvalue weighted by molar-refractivity contribution is -0.134. The van der Waals surface area contributed by atoms with Gasteiger partial charge in [-0.3, -0.25) is 14.5 Å². The molecule has 180 valence electrons. The Labute approximate surface area is 196 Å². The highest BCUT2D eigenvalue weighted by atomic mass is 19.1. The Balaban J connectivity index is 1.14. The molecule has 1 spiro atoms. The van der Waals surface area contributed by atoms with Crippen LogP contribution in [0.4, 0.5) is 9.18 Å². The second-order valence-corrected chi connectivity index (χ2v) is 9.42. The van der Waals surface area contributed by atoms with E-state index in [9.17, 15) is 18.8 Å². The lowest BCUT2D eigenvalue weighted by atomic mass is 9.97. The van der Waals surface area contributed by atoms with Crippen LogP contribution in [0.5, 0.6) is 0 Å². The summed E-state index contributed by atoms with van der Waals surface area (Å²) < 4.78 is 18.6. The van der Waals surface area contributed by atoms with Crippen LogP contribution >= 0.6 is 0 Å². The van der Waals surface area contributed by atoms with Crippen molar-refractivity contribution < 1.29 is 23.3 Å². The molecule has 1 aliphatic carbocycles. The number of benzene rings is 1. The van der Waals surface area contributed by atoms with E-state index in [2.05, 4.69) is 15.5 Å². The van der Waals surface area contributed by atoms with Crippen molar-refractivity contribution in [3.8, 4) is 11.4 Å². The van der Waals surface area contributed by atoms with Gasteiger partial charge in [-0.15, -0.1) is 0 Å². The summed E-state index contributed by atoms with van der Waals surface area (Å²) in [7, 11) is 0. The molecule has 34 heavy (non-hydrogen) atoms.